The number of hydrogen-bond donors (Lipinski definition) is 0. The lowest BCUT2D eigenvalue weighted by Crippen LogP contribution is -2.49. The van der Waals surface area contributed by atoms with Crippen LogP contribution in [0.3, 0.4) is 0 Å². The molecule has 0 aromatic heterocycles. The van der Waals surface area contributed by atoms with E-state index < -0.39 is 0 Å². The Morgan fingerprint density at radius 2 is 1.64 bits per heavy atom. The molecule has 0 saturated carbocycles. The number of halogens is 2. The quantitative estimate of drug-likeness (QED) is 0.783. The third kappa shape index (κ3) is 5.13. The van der Waals surface area contributed by atoms with Crippen molar-refractivity contribution in [2.45, 2.75) is 5.75 Å². The lowest BCUT2D eigenvalue weighted by atomic mass is 10.2. The number of piperazine rings is 1. The van der Waals surface area contributed by atoms with Gasteiger partial charge >= 0.3 is 0 Å². The monoisotopic (exact) mass is 378 g/mol. The fourth-order valence-electron chi connectivity index (χ4n) is 2.79. The molecule has 2 aromatic carbocycles. The molecule has 0 N–H and O–H groups in total. The average Bonchev–Trinajstić information content (AvgIpc) is 2.64. The molecule has 6 heteroatoms. The van der Waals surface area contributed by atoms with Crippen molar-refractivity contribution in [3.63, 3.8) is 0 Å². The molecule has 1 heterocycles. The van der Waals surface area contributed by atoms with E-state index >= 15 is 0 Å². The Morgan fingerprint density at radius 1 is 1.00 bits per heavy atom. The Morgan fingerprint density at radius 3 is 2.28 bits per heavy atom. The first-order valence-corrected chi connectivity index (χ1v) is 9.75. The van der Waals surface area contributed by atoms with E-state index in [9.17, 15) is 9.18 Å². The Kier molecular flexibility index (Phi) is 6.21. The van der Waals surface area contributed by atoms with Crippen molar-refractivity contribution in [2.75, 3.05) is 36.8 Å². The zero-order valence-corrected chi connectivity index (χ0v) is 15.4. The Bertz CT molecular complexity index is 700. The molecule has 0 unspecified atom stereocenters. The van der Waals surface area contributed by atoms with Gasteiger partial charge in [-0.05, 0) is 42.0 Å². The van der Waals surface area contributed by atoms with Crippen molar-refractivity contribution in [3.8, 4) is 0 Å². The molecule has 0 aliphatic carbocycles. The summed E-state index contributed by atoms with van der Waals surface area (Å²) in [5.41, 5.74) is 2.17. The van der Waals surface area contributed by atoms with Gasteiger partial charge in [0.25, 0.3) is 0 Å². The van der Waals surface area contributed by atoms with Gasteiger partial charge < -0.3 is 9.80 Å². The number of carbonyl (C=O) groups excluding carboxylic acids is 1. The summed E-state index contributed by atoms with van der Waals surface area (Å²) in [7, 11) is 0. The molecule has 1 fully saturated rings. The third-order valence-electron chi connectivity index (χ3n) is 4.23. The van der Waals surface area contributed by atoms with Crippen molar-refractivity contribution < 1.29 is 9.18 Å². The van der Waals surface area contributed by atoms with Crippen LogP contribution >= 0.6 is 23.4 Å². The minimum Gasteiger partial charge on any atom is -0.368 e. The molecule has 1 aliphatic heterocycles. The summed E-state index contributed by atoms with van der Waals surface area (Å²) in [4.78, 5) is 16.4. The molecule has 25 heavy (non-hydrogen) atoms. The van der Waals surface area contributed by atoms with Gasteiger partial charge in [-0.1, -0.05) is 23.7 Å². The summed E-state index contributed by atoms with van der Waals surface area (Å²) in [6.07, 6.45) is 0. The molecule has 3 nitrogen and oxygen atoms in total. The molecular weight excluding hydrogens is 359 g/mol. The van der Waals surface area contributed by atoms with Crippen LogP contribution in [0.25, 0.3) is 0 Å². The highest BCUT2D eigenvalue weighted by molar-refractivity contribution is 7.99. The zero-order valence-electron chi connectivity index (χ0n) is 13.8. The van der Waals surface area contributed by atoms with Gasteiger partial charge in [-0.3, -0.25) is 4.79 Å². The predicted octanol–water partition coefficient (Wildman–Crippen LogP) is 4.06. The molecule has 2 aromatic rings. The third-order valence-corrected chi connectivity index (χ3v) is 5.47. The number of benzene rings is 2. The molecule has 0 radical (unpaired) electrons. The first-order valence-electron chi connectivity index (χ1n) is 8.22. The first-order chi connectivity index (χ1) is 12.1. The maximum absolute atomic E-state index is 13.0. The van der Waals surface area contributed by atoms with Gasteiger partial charge in [0.1, 0.15) is 5.82 Å². The molecule has 3 rings (SSSR count). The van der Waals surface area contributed by atoms with Crippen LogP contribution in [0.5, 0.6) is 0 Å². The van der Waals surface area contributed by atoms with E-state index in [1.54, 1.807) is 23.9 Å². The number of hydrogen-bond acceptors (Lipinski definition) is 3. The van der Waals surface area contributed by atoms with E-state index in [-0.39, 0.29) is 11.7 Å². The first kappa shape index (κ1) is 18.1. The van der Waals surface area contributed by atoms with E-state index in [0.29, 0.717) is 18.8 Å². The van der Waals surface area contributed by atoms with Crippen molar-refractivity contribution in [1.29, 1.82) is 0 Å². The lowest BCUT2D eigenvalue weighted by molar-refractivity contribution is -0.128. The summed E-state index contributed by atoms with van der Waals surface area (Å²) < 4.78 is 13.0. The van der Waals surface area contributed by atoms with Gasteiger partial charge in [0, 0.05) is 42.6 Å². The van der Waals surface area contributed by atoms with Crippen LogP contribution in [0.2, 0.25) is 5.02 Å². The topological polar surface area (TPSA) is 23.6 Å². The van der Waals surface area contributed by atoms with Gasteiger partial charge in [0.15, 0.2) is 0 Å². The van der Waals surface area contributed by atoms with Gasteiger partial charge in [0.05, 0.1) is 5.75 Å². The van der Waals surface area contributed by atoms with Crippen molar-refractivity contribution >= 4 is 35.0 Å². The van der Waals surface area contributed by atoms with Crippen LogP contribution in [0, 0.1) is 5.82 Å². The second kappa shape index (κ2) is 8.59. The molecule has 0 bridgehead atoms. The largest absolute Gasteiger partial charge is 0.368 e. The molecule has 1 aliphatic rings. The minimum absolute atomic E-state index is 0.178. The van der Waals surface area contributed by atoms with E-state index in [1.807, 2.05) is 29.2 Å². The maximum atomic E-state index is 13.0. The van der Waals surface area contributed by atoms with Crippen LogP contribution in [0.15, 0.2) is 48.5 Å². The number of amides is 1. The molecule has 1 amide bonds. The van der Waals surface area contributed by atoms with Gasteiger partial charge in [-0.2, -0.15) is 0 Å². The highest BCUT2D eigenvalue weighted by Gasteiger charge is 2.21. The fourth-order valence-corrected chi connectivity index (χ4v) is 3.81. The molecule has 132 valence electrons. The highest BCUT2D eigenvalue weighted by Crippen LogP contribution is 2.19. The predicted molar refractivity (Wildman–Crippen MR) is 103 cm³/mol. The van der Waals surface area contributed by atoms with Gasteiger partial charge in [-0.25, -0.2) is 4.39 Å². The second-order valence-electron chi connectivity index (χ2n) is 5.96. The smallest absolute Gasteiger partial charge is 0.232 e. The van der Waals surface area contributed by atoms with Crippen LogP contribution in [0.1, 0.15) is 5.56 Å². The number of anilines is 1. The number of rotatable bonds is 5. The fraction of sp³-hybridized carbons (Fsp3) is 0.316. The summed E-state index contributed by atoms with van der Waals surface area (Å²) in [6.45, 7) is 2.97. The summed E-state index contributed by atoms with van der Waals surface area (Å²) in [5, 5.41) is 0.726. The van der Waals surface area contributed by atoms with Crippen molar-refractivity contribution in [1.82, 2.24) is 4.90 Å². The van der Waals surface area contributed by atoms with E-state index in [2.05, 4.69) is 4.90 Å². The van der Waals surface area contributed by atoms with E-state index in [4.69, 9.17) is 11.6 Å². The van der Waals surface area contributed by atoms with E-state index in [1.165, 1.54) is 17.7 Å². The molecule has 1 saturated heterocycles. The SMILES string of the molecule is O=C(CSCc1ccc(Cl)cc1)N1CCN(c2ccc(F)cc2)CC1. The highest BCUT2D eigenvalue weighted by atomic mass is 35.5. The van der Waals surface area contributed by atoms with Crippen molar-refractivity contribution in [3.05, 3.63) is 64.9 Å². The maximum Gasteiger partial charge on any atom is 0.232 e. The average molecular weight is 379 g/mol. The molecular formula is C19H20ClFN2OS. The normalized spacial score (nSPS) is 14.6. The van der Waals surface area contributed by atoms with Crippen LogP contribution in [-0.4, -0.2) is 42.7 Å². The lowest BCUT2D eigenvalue weighted by Gasteiger charge is -2.36. The van der Waals surface area contributed by atoms with Crippen molar-refractivity contribution in [2.24, 2.45) is 0 Å². The molecule has 0 spiro atoms. The second-order valence-corrected chi connectivity index (χ2v) is 7.39. The van der Waals surface area contributed by atoms with Crippen LogP contribution in [-0.2, 0) is 10.5 Å². The van der Waals surface area contributed by atoms with E-state index in [0.717, 1.165) is 29.6 Å². The standard InChI is InChI=1S/C19H20ClFN2OS/c20-16-3-1-15(2-4-16)13-25-14-19(24)23-11-9-22(10-12-23)18-7-5-17(21)6-8-18/h1-8H,9-14H2. The number of nitrogens with zero attached hydrogens (tertiary/aromatic N) is 2. The Balaban J connectivity index is 1.42. The summed E-state index contributed by atoms with van der Waals surface area (Å²) >= 11 is 7.49. The zero-order chi connectivity index (χ0) is 17.6. The summed E-state index contributed by atoms with van der Waals surface area (Å²) in [5.74, 6) is 1.24. The summed E-state index contributed by atoms with van der Waals surface area (Å²) in [6, 6.07) is 14.2. The van der Waals surface area contributed by atoms with Crippen LogP contribution in [0.4, 0.5) is 10.1 Å². The number of thioether (sulfide) groups is 1. The molecule has 0 atom stereocenters. The van der Waals surface area contributed by atoms with Gasteiger partial charge in [-0.15, -0.1) is 11.8 Å². The van der Waals surface area contributed by atoms with Gasteiger partial charge in [0.2, 0.25) is 5.91 Å². The number of carbonyl (C=O) groups is 1. The Hall–Kier alpha value is -1.72. The minimum atomic E-state index is -0.227. The Labute approximate surface area is 156 Å². The van der Waals surface area contributed by atoms with Crippen LogP contribution < -0.4 is 4.90 Å².